The zero-order valence-electron chi connectivity index (χ0n) is 6.66. The van der Waals surface area contributed by atoms with Crippen molar-refractivity contribution in [2.75, 3.05) is 18.0 Å². The van der Waals surface area contributed by atoms with Gasteiger partial charge in [0.05, 0.1) is 0 Å². The smallest absolute Gasteiger partial charge is 0.0366 e. The Hall–Kier alpha value is -0.383. The number of benzene rings is 1. The number of hydrogen-bond acceptors (Lipinski definition) is 1. The number of para-hydroxylation sites is 1. The summed E-state index contributed by atoms with van der Waals surface area (Å²) in [7, 11) is 0. The summed E-state index contributed by atoms with van der Waals surface area (Å²) in [6, 6.07) is 10.7. The zero-order valence-corrected chi connectivity index (χ0v) is 6.66. The van der Waals surface area contributed by atoms with E-state index in [0.717, 1.165) is 0 Å². The molecule has 0 aliphatic carbocycles. The summed E-state index contributed by atoms with van der Waals surface area (Å²) >= 11 is 0. The van der Waals surface area contributed by atoms with Crippen LogP contribution in [0.5, 0.6) is 0 Å². The maximum Gasteiger partial charge on any atom is 0.0366 e. The maximum absolute atomic E-state index is 2.44. The molecule has 2 heteroatoms. The van der Waals surface area contributed by atoms with Crippen molar-refractivity contribution in [1.29, 1.82) is 0 Å². The van der Waals surface area contributed by atoms with Crippen molar-refractivity contribution in [3.8, 4) is 0 Å². The van der Waals surface area contributed by atoms with Gasteiger partial charge in [0.2, 0.25) is 0 Å². The van der Waals surface area contributed by atoms with Gasteiger partial charge in [0.1, 0.15) is 0 Å². The molecule has 1 aromatic rings. The average Bonchev–Trinajstić information content (AvgIpc) is 2.58. The number of hydrogen-bond donors (Lipinski definition) is 0. The molecule has 0 atom stereocenters. The largest absolute Gasteiger partial charge is 0.372 e. The second-order valence-electron chi connectivity index (χ2n) is 3.03. The number of anilines is 1. The van der Waals surface area contributed by atoms with Gasteiger partial charge in [0.25, 0.3) is 0 Å². The molecule has 1 heterocycles. The van der Waals surface area contributed by atoms with Crippen LogP contribution in [-0.2, 0) is 0 Å². The molecule has 12 heavy (non-hydrogen) atoms. The van der Waals surface area contributed by atoms with E-state index in [1.807, 2.05) is 0 Å². The molecule has 0 saturated carbocycles. The molecular formula is C10H14LiN. The van der Waals surface area contributed by atoms with E-state index in [1.165, 1.54) is 31.6 Å². The van der Waals surface area contributed by atoms with Crippen LogP contribution in [0.2, 0.25) is 0 Å². The number of nitrogens with zero attached hydrogens (tertiary/aromatic N) is 1. The first-order chi connectivity index (χ1) is 5.47. The molecule has 0 amide bonds. The SMILES string of the molecule is [LiH].c1ccc(N2CCCC2)cc1. The molecule has 0 N–H and O–H groups in total. The predicted octanol–water partition coefficient (Wildman–Crippen LogP) is 1.64. The minimum atomic E-state index is 0. The van der Waals surface area contributed by atoms with Gasteiger partial charge in [0, 0.05) is 18.8 Å². The monoisotopic (exact) mass is 155 g/mol. The van der Waals surface area contributed by atoms with Crippen LogP contribution >= 0.6 is 0 Å². The Morgan fingerprint density at radius 1 is 0.917 bits per heavy atom. The fourth-order valence-electron chi connectivity index (χ4n) is 1.61. The third-order valence-corrected chi connectivity index (χ3v) is 2.23. The molecule has 1 aliphatic heterocycles. The molecule has 0 bridgehead atoms. The summed E-state index contributed by atoms with van der Waals surface area (Å²) in [6.07, 6.45) is 2.71. The summed E-state index contributed by atoms with van der Waals surface area (Å²) in [5.41, 5.74) is 1.38. The molecule has 1 nitrogen and oxygen atoms in total. The normalized spacial score (nSPS) is 15.8. The zero-order chi connectivity index (χ0) is 7.52. The van der Waals surface area contributed by atoms with Crippen molar-refractivity contribution < 1.29 is 0 Å². The van der Waals surface area contributed by atoms with E-state index in [-0.39, 0.29) is 18.9 Å². The van der Waals surface area contributed by atoms with Crippen molar-refractivity contribution in [3.05, 3.63) is 30.3 Å². The molecular weight excluding hydrogens is 141 g/mol. The minimum Gasteiger partial charge on any atom is -0.372 e. The van der Waals surface area contributed by atoms with Crippen LogP contribution in [0.1, 0.15) is 12.8 Å². The van der Waals surface area contributed by atoms with Crippen molar-refractivity contribution in [1.82, 2.24) is 0 Å². The van der Waals surface area contributed by atoms with Gasteiger partial charge in [-0.05, 0) is 25.0 Å². The van der Waals surface area contributed by atoms with E-state index in [4.69, 9.17) is 0 Å². The third kappa shape index (κ3) is 2.06. The quantitative estimate of drug-likeness (QED) is 0.557. The van der Waals surface area contributed by atoms with E-state index >= 15 is 0 Å². The van der Waals surface area contributed by atoms with Crippen LogP contribution < -0.4 is 4.90 Å². The van der Waals surface area contributed by atoms with E-state index in [2.05, 4.69) is 35.2 Å². The number of rotatable bonds is 1. The first-order valence-electron chi connectivity index (χ1n) is 4.27. The molecule has 0 aromatic heterocycles. The Morgan fingerprint density at radius 3 is 2.08 bits per heavy atom. The van der Waals surface area contributed by atoms with E-state index in [9.17, 15) is 0 Å². The summed E-state index contributed by atoms with van der Waals surface area (Å²) in [6.45, 7) is 2.48. The van der Waals surface area contributed by atoms with Crippen LogP contribution in [-0.4, -0.2) is 32.0 Å². The second-order valence-corrected chi connectivity index (χ2v) is 3.03. The van der Waals surface area contributed by atoms with E-state index in [0.29, 0.717) is 0 Å². The van der Waals surface area contributed by atoms with Crippen molar-refractivity contribution in [2.45, 2.75) is 12.8 Å². The minimum absolute atomic E-state index is 0. The van der Waals surface area contributed by atoms with Gasteiger partial charge in [-0.3, -0.25) is 0 Å². The van der Waals surface area contributed by atoms with Crippen molar-refractivity contribution in [2.24, 2.45) is 0 Å². The van der Waals surface area contributed by atoms with Gasteiger partial charge >= 0.3 is 18.9 Å². The Bertz CT molecular complexity index is 217. The van der Waals surface area contributed by atoms with E-state index < -0.39 is 0 Å². The van der Waals surface area contributed by atoms with Gasteiger partial charge in [-0.25, -0.2) is 0 Å². The molecule has 0 unspecified atom stereocenters. The Labute approximate surface area is 85.9 Å². The Balaban J connectivity index is 0.000000720. The fourth-order valence-corrected chi connectivity index (χ4v) is 1.61. The summed E-state index contributed by atoms with van der Waals surface area (Å²) < 4.78 is 0. The fraction of sp³-hybridized carbons (Fsp3) is 0.400. The predicted molar refractivity (Wildman–Crippen MR) is 55.0 cm³/mol. The van der Waals surface area contributed by atoms with Crippen LogP contribution in [0.3, 0.4) is 0 Å². The Kier molecular flexibility index (Phi) is 3.72. The molecule has 1 saturated heterocycles. The standard InChI is InChI=1S/C10H13N.Li.H/c1-2-6-10(7-3-1)11-8-4-5-9-11;;/h1-3,6-7H,4-5,8-9H2;;. The van der Waals surface area contributed by atoms with Crippen molar-refractivity contribution >= 4 is 24.5 Å². The molecule has 1 aromatic carbocycles. The van der Waals surface area contributed by atoms with Crippen LogP contribution in [0.25, 0.3) is 0 Å². The summed E-state index contributed by atoms with van der Waals surface area (Å²) in [5.74, 6) is 0. The molecule has 1 aliphatic rings. The summed E-state index contributed by atoms with van der Waals surface area (Å²) in [5, 5.41) is 0. The van der Waals surface area contributed by atoms with E-state index in [1.54, 1.807) is 0 Å². The van der Waals surface area contributed by atoms with Gasteiger partial charge in [-0.15, -0.1) is 0 Å². The van der Waals surface area contributed by atoms with Gasteiger partial charge < -0.3 is 4.90 Å². The molecule has 0 spiro atoms. The van der Waals surface area contributed by atoms with Gasteiger partial charge in [-0.1, -0.05) is 18.2 Å². The molecule has 60 valence electrons. The Morgan fingerprint density at radius 2 is 1.50 bits per heavy atom. The third-order valence-electron chi connectivity index (χ3n) is 2.23. The molecule has 1 fully saturated rings. The average molecular weight is 155 g/mol. The molecule has 0 radical (unpaired) electrons. The molecule has 2 rings (SSSR count). The van der Waals surface area contributed by atoms with Crippen LogP contribution in [0.4, 0.5) is 5.69 Å². The van der Waals surface area contributed by atoms with Gasteiger partial charge in [-0.2, -0.15) is 0 Å². The summed E-state index contributed by atoms with van der Waals surface area (Å²) in [4.78, 5) is 2.44. The first-order valence-corrected chi connectivity index (χ1v) is 4.27. The van der Waals surface area contributed by atoms with Crippen LogP contribution in [0.15, 0.2) is 30.3 Å². The topological polar surface area (TPSA) is 3.24 Å². The second kappa shape index (κ2) is 4.60. The first kappa shape index (κ1) is 9.70. The van der Waals surface area contributed by atoms with Crippen molar-refractivity contribution in [3.63, 3.8) is 0 Å². The van der Waals surface area contributed by atoms with Crippen LogP contribution in [0, 0.1) is 0 Å². The van der Waals surface area contributed by atoms with Gasteiger partial charge in [0.15, 0.2) is 0 Å². The maximum atomic E-state index is 2.44.